The zero-order chi connectivity index (χ0) is 26.3. The van der Waals surface area contributed by atoms with Crippen LogP contribution >= 0.6 is 0 Å². The smallest absolute Gasteiger partial charge is 0.255 e. The van der Waals surface area contributed by atoms with Crippen molar-refractivity contribution in [2.75, 3.05) is 6.54 Å². The molecule has 5 fully saturated rings. The molecule has 4 saturated carbocycles. The molecule has 1 saturated heterocycles. The number of nitrogens with zero attached hydrogens (tertiary/aromatic N) is 1. The molecule has 0 spiro atoms. The van der Waals surface area contributed by atoms with Gasteiger partial charge >= 0.3 is 0 Å². The lowest BCUT2D eigenvalue weighted by molar-refractivity contribution is -0.136. The highest BCUT2D eigenvalue weighted by Gasteiger charge is 2.50. The van der Waals surface area contributed by atoms with Crippen molar-refractivity contribution >= 4 is 17.7 Å². The van der Waals surface area contributed by atoms with E-state index >= 15 is 0 Å². The number of benzene rings is 1. The average molecular weight is 524 g/mol. The van der Waals surface area contributed by atoms with Gasteiger partial charge < -0.3 is 10.2 Å². The maximum absolute atomic E-state index is 14.8. The Morgan fingerprint density at radius 2 is 1.58 bits per heavy atom. The van der Waals surface area contributed by atoms with E-state index in [1.54, 1.807) is 6.07 Å². The molecule has 0 radical (unpaired) electrons. The zero-order valence-electron chi connectivity index (χ0n) is 22.5. The van der Waals surface area contributed by atoms with Crippen molar-refractivity contribution in [2.45, 2.75) is 114 Å². The molecule has 0 aromatic heterocycles. The molecular weight excluding hydrogens is 481 g/mol. The summed E-state index contributed by atoms with van der Waals surface area (Å²) in [5.41, 5.74) is 2.29. The number of unbranched alkanes of at least 4 members (excludes halogenated alkanes) is 5. The van der Waals surface area contributed by atoms with E-state index in [1.807, 2.05) is 0 Å². The largest absolute Gasteiger partial charge is 0.322 e. The van der Waals surface area contributed by atoms with Crippen molar-refractivity contribution in [3.05, 3.63) is 34.6 Å². The van der Waals surface area contributed by atoms with Crippen LogP contribution in [0.3, 0.4) is 0 Å². The number of piperidine rings is 1. The zero-order valence-corrected chi connectivity index (χ0v) is 22.5. The molecule has 1 aromatic rings. The van der Waals surface area contributed by atoms with E-state index in [1.165, 1.54) is 68.8 Å². The second kappa shape index (κ2) is 10.7. The summed E-state index contributed by atoms with van der Waals surface area (Å²) in [7, 11) is 0. The summed E-state index contributed by atoms with van der Waals surface area (Å²) in [6.45, 7) is 1.38. The third-order valence-corrected chi connectivity index (χ3v) is 10.2. The van der Waals surface area contributed by atoms with Crippen LogP contribution in [0.5, 0.6) is 0 Å². The van der Waals surface area contributed by atoms with Crippen LogP contribution in [0.2, 0.25) is 0 Å². The molecule has 38 heavy (non-hydrogen) atoms. The minimum Gasteiger partial charge on any atom is -0.322 e. The van der Waals surface area contributed by atoms with Crippen LogP contribution in [0, 0.1) is 23.6 Å². The van der Waals surface area contributed by atoms with Crippen molar-refractivity contribution in [3.8, 4) is 0 Å². The van der Waals surface area contributed by atoms with Gasteiger partial charge in [0.05, 0.1) is 0 Å². The first-order valence-corrected chi connectivity index (χ1v) is 15.1. The number of hydrogen-bond acceptors (Lipinski definition) is 4. The Bertz CT molecular complexity index is 1070. The van der Waals surface area contributed by atoms with Gasteiger partial charge in [-0.25, -0.2) is 4.39 Å². The fourth-order valence-electron chi connectivity index (χ4n) is 8.76. The van der Waals surface area contributed by atoms with Crippen LogP contribution in [-0.4, -0.2) is 40.7 Å². The van der Waals surface area contributed by atoms with Crippen molar-refractivity contribution in [1.29, 1.82) is 0 Å². The lowest BCUT2D eigenvalue weighted by Gasteiger charge is -2.57. The van der Waals surface area contributed by atoms with Gasteiger partial charge in [0.1, 0.15) is 11.9 Å². The molecular formula is C31H42FN3O3. The van der Waals surface area contributed by atoms with Crippen LogP contribution in [0.4, 0.5) is 4.39 Å². The maximum atomic E-state index is 14.8. The van der Waals surface area contributed by atoms with Gasteiger partial charge in [-0.3, -0.25) is 19.7 Å². The van der Waals surface area contributed by atoms with E-state index in [0.29, 0.717) is 29.5 Å². The number of amides is 3. The molecule has 206 valence electrons. The molecule has 7 rings (SSSR count). The SMILES string of the molecule is O=C1CCC(N2Cc3c(ccc(F)c3CCCCCCCCNC34CC5CC(CC(C5)C3)C4)C2=O)C(=O)N1. The summed E-state index contributed by atoms with van der Waals surface area (Å²) >= 11 is 0. The third-order valence-electron chi connectivity index (χ3n) is 10.2. The summed E-state index contributed by atoms with van der Waals surface area (Å²) in [4.78, 5) is 38.3. The van der Waals surface area contributed by atoms with E-state index in [4.69, 9.17) is 0 Å². The predicted octanol–water partition coefficient (Wildman–Crippen LogP) is 5.03. The molecule has 3 amide bonds. The molecule has 2 heterocycles. The highest BCUT2D eigenvalue weighted by molar-refractivity contribution is 6.05. The van der Waals surface area contributed by atoms with Gasteiger partial charge in [-0.2, -0.15) is 0 Å². The van der Waals surface area contributed by atoms with Crippen LogP contribution in [0.1, 0.15) is 111 Å². The lowest BCUT2D eigenvalue weighted by atomic mass is 9.53. The first-order valence-electron chi connectivity index (χ1n) is 15.1. The molecule has 7 heteroatoms. The Morgan fingerprint density at radius 1 is 0.921 bits per heavy atom. The molecule has 4 bridgehead atoms. The second-order valence-corrected chi connectivity index (χ2v) is 12.9. The normalized spacial score (nSPS) is 31.7. The first kappa shape index (κ1) is 26.0. The summed E-state index contributed by atoms with van der Waals surface area (Å²) < 4.78 is 14.8. The molecule has 6 aliphatic rings. The Labute approximate surface area is 225 Å². The lowest BCUT2D eigenvalue weighted by Crippen LogP contribution is -2.58. The Balaban J connectivity index is 0.920. The number of nitrogens with one attached hydrogen (secondary N) is 2. The van der Waals surface area contributed by atoms with E-state index in [9.17, 15) is 18.8 Å². The van der Waals surface area contributed by atoms with E-state index in [2.05, 4.69) is 10.6 Å². The Hall–Kier alpha value is -2.28. The molecule has 1 atom stereocenters. The molecule has 2 aliphatic heterocycles. The molecule has 2 N–H and O–H groups in total. The minimum absolute atomic E-state index is 0.218. The topological polar surface area (TPSA) is 78.5 Å². The quantitative estimate of drug-likeness (QED) is 0.315. The average Bonchev–Trinajstić information content (AvgIpc) is 3.19. The van der Waals surface area contributed by atoms with E-state index in [0.717, 1.165) is 49.1 Å². The van der Waals surface area contributed by atoms with Gasteiger partial charge in [0.25, 0.3) is 5.91 Å². The molecule has 1 unspecified atom stereocenters. The summed E-state index contributed by atoms with van der Waals surface area (Å²) in [6, 6.07) is 2.26. The Kier molecular flexibility index (Phi) is 7.32. The third kappa shape index (κ3) is 5.15. The number of rotatable bonds is 11. The fourth-order valence-corrected chi connectivity index (χ4v) is 8.76. The van der Waals surface area contributed by atoms with Crippen molar-refractivity contribution in [2.24, 2.45) is 17.8 Å². The molecule has 1 aromatic carbocycles. The van der Waals surface area contributed by atoms with Crippen molar-refractivity contribution in [1.82, 2.24) is 15.5 Å². The van der Waals surface area contributed by atoms with Gasteiger partial charge in [-0.1, -0.05) is 25.7 Å². The highest BCUT2D eigenvalue weighted by Crippen LogP contribution is 2.55. The number of carbonyl (C=O) groups is 3. The van der Waals surface area contributed by atoms with Crippen LogP contribution < -0.4 is 10.6 Å². The van der Waals surface area contributed by atoms with Gasteiger partial charge in [0.2, 0.25) is 11.8 Å². The monoisotopic (exact) mass is 523 g/mol. The van der Waals surface area contributed by atoms with Crippen LogP contribution in [-0.2, 0) is 22.6 Å². The van der Waals surface area contributed by atoms with Crippen LogP contribution in [0.25, 0.3) is 0 Å². The number of hydrogen-bond donors (Lipinski definition) is 2. The second-order valence-electron chi connectivity index (χ2n) is 12.9. The number of imide groups is 1. The maximum Gasteiger partial charge on any atom is 0.255 e. The summed E-state index contributed by atoms with van der Waals surface area (Å²) in [6.07, 6.45) is 16.6. The van der Waals surface area contributed by atoms with Gasteiger partial charge in [-0.15, -0.1) is 0 Å². The number of fused-ring (bicyclic) bond motifs is 1. The van der Waals surface area contributed by atoms with Gasteiger partial charge in [0, 0.05) is 24.1 Å². The Morgan fingerprint density at radius 3 is 2.26 bits per heavy atom. The minimum atomic E-state index is -0.666. The van der Waals surface area contributed by atoms with Crippen LogP contribution in [0.15, 0.2) is 12.1 Å². The summed E-state index contributed by atoms with van der Waals surface area (Å²) in [5.74, 6) is 1.73. The highest BCUT2D eigenvalue weighted by atomic mass is 19.1. The number of carbonyl (C=O) groups excluding carboxylic acids is 3. The van der Waals surface area contributed by atoms with E-state index < -0.39 is 11.9 Å². The standard InChI is InChI=1S/C31H42FN3O3/c32-26-9-8-24-25(19-35(30(24)38)27-10-11-28(36)34-29(27)37)23(26)7-5-3-1-2-4-6-12-33-31-16-20-13-21(17-31)15-22(14-20)18-31/h8-9,20-22,27,33H,1-7,10-19H2,(H,34,36,37). The first-order chi connectivity index (χ1) is 18.4. The van der Waals surface area contributed by atoms with E-state index in [-0.39, 0.29) is 30.6 Å². The number of halogens is 1. The molecule has 4 aliphatic carbocycles. The predicted molar refractivity (Wildman–Crippen MR) is 143 cm³/mol. The fraction of sp³-hybridized carbons (Fsp3) is 0.710. The molecule has 6 nitrogen and oxygen atoms in total. The van der Waals surface area contributed by atoms with Gasteiger partial charge in [-0.05, 0) is 112 Å². The van der Waals surface area contributed by atoms with Gasteiger partial charge in [0.15, 0.2) is 0 Å². The van der Waals surface area contributed by atoms with Crippen molar-refractivity contribution < 1.29 is 18.8 Å². The van der Waals surface area contributed by atoms with Crippen molar-refractivity contribution in [3.63, 3.8) is 0 Å². The summed E-state index contributed by atoms with van der Waals surface area (Å²) in [5, 5.41) is 6.33.